The average Bonchev–Trinajstić information content (AvgIpc) is 2.99. The smallest absolute Gasteiger partial charge is 0.507 e. The molecule has 0 aliphatic carbocycles. The maximum atomic E-state index is 13.3. The molecule has 10 nitrogen and oxygen atoms in total. The number of phenolic OH excluding ortho intramolecular Hbond substituents is 1. The SMILES string of the molecule is CNC(=O)[C@H](CC(C)C)NC(=O)C(CC(C)C)C(CN1C(=O)c2cccc(O)c2C1=O)[P+](=O)O. The fourth-order valence-electron chi connectivity index (χ4n) is 4.12. The summed E-state index contributed by atoms with van der Waals surface area (Å²) in [5.74, 6) is -3.81. The number of phenols is 1. The third kappa shape index (κ3) is 6.18. The highest BCUT2D eigenvalue weighted by Crippen LogP contribution is 2.37. The Morgan fingerprint density at radius 2 is 1.65 bits per heavy atom. The number of imide groups is 1. The summed E-state index contributed by atoms with van der Waals surface area (Å²) >= 11 is 0. The molecule has 2 rings (SSSR count). The Morgan fingerprint density at radius 3 is 2.15 bits per heavy atom. The van der Waals surface area contributed by atoms with Crippen molar-refractivity contribution in [3.63, 3.8) is 0 Å². The maximum Gasteiger partial charge on any atom is 0.511 e. The number of hydrogen-bond acceptors (Lipinski definition) is 6. The quantitative estimate of drug-likeness (QED) is 0.271. The van der Waals surface area contributed by atoms with Gasteiger partial charge in [-0.3, -0.25) is 24.1 Å². The molecule has 0 saturated carbocycles. The highest BCUT2D eigenvalue weighted by molar-refractivity contribution is 7.39. The molecule has 0 aromatic heterocycles. The van der Waals surface area contributed by atoms with Crippen molar-refractivity contribution >= 4 is 31.7 Å². The maximum absolute atomic E-state index is 13.3. The second kappa shape index (κ2) is 11.5. The van der Waals surface area contributed by atoms with E-state index in [-0.39, 0.29) is 41.0 Å². The highest BCUT2D eigenvalue weighted by Gasteiger charge is 2.48. The van der Waals surface area contributed by atoms with Crippen LogP contribution in [0.15, 0.2) is 18.2 Å². The zero-order valence-corrected chi connectivity index (χ0v) is 21.0. The van der Waals surface area contributed by atoms with E-state index in [0.29, 0.717) is 6.42 Å². The molecule has 0 fully saturated rings. The normalized spacial score (nSPS) is 16.4. The minimum atomic E-state index is -2.98. The largest absolute Gasteiger partial charge is 0.511 e. The van der Waals surface area contributed by atoms with Crippen LogP contribution in [0.2, 0.25) is 0 Å². The minimum absolute atomic E-state index is 0.00149. The van der Waals surface area contributed by atoms with Gasteiger partial charge in [0.15, 0.2) is 0 Å². The zero-order valence-electron chi connectivity index (χ0n) is 20.1. The molecular weight excluding hydrogens is 461 g/mol. The number of fused-ring (bicyclic) bond motifs is 1. The van der Waals surface area contributed by atoms with Gasteiger partial charge >= 0.3 is 8.03 Å². The predicted molar refractivity (Wildman–Crippen MR) is 125 cm³/mol. The van der Waals surface area contributed by atoms with E-state index in [9.17, 15) is 33.7 Å². The molecule has 4 atom stereocenters. The molecule has 0 spiro atoms. The van der Waals surface area contributed by atoms with Crippen molar-refractivity contribution in [2.75, 3.05) is 13.6 Å². The molecule has 0 radical (unpaired) electrons. The molecule has 4 amide bonds. The van der Waals surface area contributed by atoms with Crippen LogP contribution in [0.1, 0.15) is 61.3 Å². The highest BCUT2D eigenvalue weighted by atomic mass is 31.1. The molecule has 4 N–H and O–H groups in total. The monoisotopic (exact) mass is 494 g/mol. The van der Waals surface area contributed by atoms with Gasteiger partial charge in [-0.05, 0) is 41.4 Å². The van der Waals surface area contributed by atoms with E-state index in [4.69, 9.17) is 0 Å². The topological polar surface area (TPSA) is 153 Å². The number of aromatic hydroxyl groups is 1. The summed E-state index contributed by atoms with van der Waals surface area (Å²) in [6.45, 7) is 7.01. The van der Waals surface area contributed by atoms with Gasteiger partial charge in [-0.1, -0.05) is 33.8 Å². The zero-order chi connectivity index (χ0) is 25.7. The van der Waals surface area contributed by atoms with E-state index < -0.39 is 49.9 Å². The van der Waals surface area contributed by atoms with Crippen LogP contribution in [-0.4, -0.2) is 63.8 Å². The molecule has 1 heterocycles. The van der Waals surface area contributed by atoms with Gasteiger partial charge in [0, 0.05) is 7.05 Å². The van der Waals surface area contributed by atoms with Crippen molar-refractivity contribution in [3.8, 4) is 5.75 Å². The molecule has 1 aromatic rings. The summed E-state index contributed by atoms with van der Waals surface area (Å²) in [6, 6.07) is 3.26. The van der Waals surface area contributed by atoms with E-state index in [1.54, 1.807) is 0 Å². The van der Waals surface area contributed by atoms with Crippen LogP contribution in [0.25, 0.3) is 0 Å². The lowest BCUT2D eigenvalue weighted by Crippen LogP contribution is -2.51. The van der Waals surface area contributed by atoms with Crippen molar-refractivity contribution in [3.05, 3.63) is 29.3 Å². The third-order valence-electron chi connectivity index (χ3n) is 5.74. The van der Waals surface area contributed by atoms with Gasteiger partial charge in [0.2, 0.25) is 17.5 Å². The van der Waals surface area contributed by atoms with Crippen molar-refractivity contribution in [1.82, 2.24) is 15.5 Å². The number of nitrogens with zero attached hydrogens (tertiary/aromatic N) is 1. The van der Waals surface area contributed by atoms with E-state index >= 15 is 0 Å². The molecule has 1 aliphatic rings. The number of likely N-dealkylation sites (N-methyl/N-ethyl adjacent to an activating group) is 1. The molecule has 34 heavy (non-hydrogen) atoms. The van der Waals surface area contributed by atoms with Gasteiger partial charge in [-0.25, -0.2) is 0 Å². The Kier molecular flexibility index (Phi) is 9.29. The van der Waals surface area contributed by atoms with Crippen molar-refractivity contribution in [2.24, 2.45) is 17.8 Å². The van der Waals surface area contributed by atoms with Gasteiger partial charge < -0.3 is 15.7 Å². The molecule has 1 aliphatic heterocycles. The van der Waals surface area contributed by atoms with Crippen molar-refractivity contribution in [2.45, 2.75) is 52.2 Å². The lowest BCUT2D eigenvalue weighted by molar-refractivity contribution is -0.131. The Balaban J connectivity index is 2.35. The molecule has 0 saturated heterocycles. The molecule has 11 heteroatoms. The number of rotatable bonds is 11. The third-order valence-corrected chi connectivity index (χ3v) is 6.83. The first-order valence-electron chi connectivity index (χ1n) is 11.2. The second-order valence-electron chi connectivity index (χ2n) is 9.33. The first-order chi connectivity index (χ1) is 15.9. The fraction of sp³-hybridized carbons (Fsp3) is 0.565. The minimum Gasteiger partial charge on any atom is -0.507 e. The number of carbonyl (C=O) groups is 4. The summed E-state index contributed by atoms with van der Waals surface area (Å²) in [7, 11) is -1.53. The summed E-state index contributed by atoms with van der Waals surface area (Å²) in [5.41, 5.74) is -1.43. The van der Waals surface area contributed by atoms with Gasteiger partial charge in [0.1, 0.15) is 11.8 Å². The first-order valence-corrected chi connectivity index (χ1v) is 12.5. The molecule has 1 aromatic carbocycles. The van der Waals surface area contributed by atoms with Crippen molar-refractivity contribution in [1.29, 1.82) is 0 Å². The fourth-order valence-corrected chi connectivity index (χ4v) is 4.99. The van der Waals surface area contributed by atoms with Gasteiger partial charge in [0.25, 0.3) is 11.8 Å². The van der Waals surface area contributed by atoms with Gasteiger partial charge in [-0.15, -0.1) is 0 Å². The Morgan fingerprint density at radius 1 is 1.03 bits per heavy atom. The number of benzene rings is 1. The lowest BCUT2D eigenvalue weighted by atomic mass is 9.91. The van der Waals surface area contributed by atoms with Crippen molar-refractivity contribution < 1.29 is 33.7 Å². The molecule has 186 valence electrons. The van der Waals surface area contributed by atoms with Crippen LogP contribution in [0.5, 0.6) is 5.75 Å². The number of amides is 4. The summed E-state index contributed by atoms with van der Waals surface area (Å²) in [4.78, 5) is 62.2. The summed E-state index contributed by atoms with van der Waals surface area (Å²) in [6.07, 6.45) is 0.572. The van der Waals surface area contributed by atoms with Gasteiger partial charge in [-0.2, -0.15) is 4.89 Å². The van der Waals surface area contributed by atoms with Gasteiger partial charge in [0.05, 0.1) is 23.6 Å². The van der Waals surface area contributed by atoms with Crippen LogP contribution in [0.4, 0.5) is 0 Å². The number of nitrogens with one attached hydrogen (secondary N) is 2. The van der Waals surface area contributed by atoms with Crippen LogP contribution in [-0.2, 0) is 14.2 Å². The van der Waals surface area contributed by atoms with Crippen LogP contribution in [0, 0.1) is 17.8 Å². The van der Waals surface area contributed by atoms with E-state index in [1.165, 1.54) is 25.2 Å². The Bertz CT molecular complexity index is 979. The Hall–Kier alpha value is -2.84. The van der Waals surface area contributed by atoms with Crippen LogP contribution >= 0.6 is 8.03 Å². The number of carbonyl (C=O) groups excluding carboxylic acids is 4. The second-order valence-corrected chi connectivity index (χ2v) is 10.6. The average molecular weight is 495 g/mol. The summed E-state index contributed by atoms with van der Waals surface area (Å²) in [5, 5.41) is 15.2. The first kappa shape index (κ1) is 27.4. The predicted octanol–water partition coefficient (Wildman–Crippen LogP) is 2.03. The molecule has 0 bridgehead atoms. The van der Waals surface area contributed by atoms with Crippen LogP contribution < -0.4 is 10.6 Å². The van der Waals surface area contributed by atoms with E-state index in [0.717, 1.165) is 4.90 Å². The van der Waals surface area contributed by atoms with Crippen LogP contribution in [0.3, 0.4) is 0 Å². The van der Waals surface area contributed by atoms with E-state index in [1.807, 2.05) is 27.7 Å². The van der Waals surface area contributed by atoms with E-state index in [2.05, 4.69) is 10.6 Å². The number of hydrogen-bond donors (Lipinski definition) is 4. The Labute approximate surface area is 200 Å². The lowest BCUT2D eigenvalue weighted by Gasteiger charge is -2.26. The molecule has 3 unspecified atom stereocenters. The summed E-state index contributed by atoms with van der Waals surface area (Å²) < 4.78 is 12.4. The molecular formula is C23H33N3O7P+. The standard InChI is InChI=1S/C23H32N3O7P/c1-12(2)9-15(20(28)25-16(10-13(3)4)21(29)24-5)18(34(32)33)11-26-22(30)14-7-6-8-17(27)19(14)23(26)31/h6-8,12-13,15-16,18H,9-11H2,1-5H3,(H3-,24,25,27,28,29,31,32,33)/p+1/t15?,16-,18?/m0/s1.